The molecule has 1 aromatic rings. The highest BCUT2D eigenvalue weighted by Crippen LogP contribution is 2.21. The highest BCUT2D eigenvalue weighted by atomic mass is 19.1. The van der Waals surface area contributed by atoms with E-state index in [0.717, 1.165) is 0 Å². The van der Waals surface area contributed by atoms with Crippen LogP contribution in [0.2, 0.25) is 0 Å². The maximum absolute atomic E-state index is 13.8. The lowest BCUT2D eigenvalue weighted by atomic mass is 10.1. The van der Waals surface area contributed by atoms with Crippen LogP contribution >= 0.6 is 0 Å². The molecule has 1 N–H and O–H groups in total. The van der Waals surface area contributed by atoms with Crippen molar-refractivity contribution in [2.75, 3.05) is 14.2 Å². The molecular formula is C12H16FNO3. The summed E-state index contributed by atoms with van der Waals surface area (Å²) in [5.41, 5.74) is 0.417. The maximum Gasteiger partial charge on any atom is 0.320 e. The molecule has 0 saturated carbocycles. The van der Waals surface area contributed by atoms with E-state index in [-0.39, 0.29) is 12.3 Å². The number of methoxy groups -OCH3 is 1. The van der Waals surface area contributed by atoms with Gasteiger partial charge in [0, 0.05) is 12.1 Å². The first-order valence-electron chi connectivity index (χ1n) is 5.21. The quantitative estimate of drug-likeness (QED) is 0.853. The molecule has 1 aromatic carbocycles. The Hall–Kier alpha value is -1.62. The molecule has 0 aliphatic rings. The largest absolute Gasteiger partial charge is 0.494 e. The topological polar surface area (TPSA) is 49.8 Å². The lowest BCUT2D eigenvalue weighted by molar-refractivity contribution is -0.142. The Labute approximate surface area is 99.6 Å². The summed E-state index contributed by atoms with van der Waals surface area (Å²) in [4.78, 5) is 12.3. The van der Waals surface area contributed by atoms with E-state index in [0.29, 0.717) is 5.56 Å². The number of nitrogens with zero attached hydrogens (tertiary/aromatic N) is 1. The van der Waals surface area contributed by atoms with Crippen LogP contribution in [0.5, 0.6) is 5.75 Å². The molecule has 0 amide bonds. The molecule has 1 unspecified atom stereocenters. The zero-order chi connectivity index (χ0) is 13.0. The summed E-state index contributed by atoms with van der Waals surface area (Å²) in [6, 6.07) is 4.15. The summed E-state index contributed by atoms with van der Waals surface area (Å²) in [5.74, 6) is -1.21. The summed E-state index contributed by atoms with van der Waals surface area (Å²) < 4.78 is 18.7. The van der Waals surface area contributed by atoms with Crippen molar-refractivity contribution < 1.29 is 19.0 Å². The molecule has 1 atom stereocenters. The van der Waals surface area contributed by atoms with Crippen LogP contribution in [0.25, 0.3) is 0 Å². The molecule has 0 radical (unpaired) electrons. The van der Waals surface area contributed by atoms with Crippen LogP contribution in [0.3, 0.4) is 0 Å². The summed E-state index contributed by atoms with van der Waals surface area (Å²) in [6.45, 7) is 1.77. The molecule has 94 valence electrons. The number of hydrogen-bond acceptors (Lipinski definition) is 3. The molecule has 17 heavy (non-hydrogen) atoms. The Morgan fingerprint density at radius 1 is 1.59 bits per heavy atom. The number of benzene rings is 1. The normalized spacial score (nSPS) is 12.5. The fourth-order valence-corrected chi connectivity index (χ4v) is 1.43. The van der Waals surface area contributed by atoms with Gasteiger partial charge in [-0.05, 0) is 20.0 Å². The molecule has 0 heterocycles. The molecule has 0 aliphatic heterocycles. The zero-order valence-corrected chi connectivity index (χ0v) is 10.1. The highest BCUT2D eigenvalue weighted by molar-refractivity contribution is 5.72. The molecule has 1 rings (SSSR count). The smallest absolute Gasteiger partial charge is 0.320 e. The molecule has 0 saturated heterocycles. The third-order valence-corrected chi connectivity index (χ3v) is 2.70. The highest BCUT2D eigenvalue weighted by Gasteiger charge is 2.18. The molecular weight excluding hydrogens is 225 g/mol. The van der Waals surface area contributed by atoms with Crippen molar-refractivity contribution >= 4 is 5.97 Å². The molecule has 0 spiro atoms. The summed E-state index contributed by atoms with van der Waals surface area (Å²) in [7, 11) is 3.03. The molecule has 5 heteroatoms. The standard InChI is InChI=1S/C12H16FNO3/c1-8(12(15)16)14(2)7-9-5-4-6-10(17-3)11(9)13/h4-6,8H,7H2,1-3H3,(H,15,16). The van der Waals surface area contributed by atoms with Crippen molar-refractivity contribution in [1.82, 2.24) is 4.90 Å². The van der Waals surface area contributed by atoms with Gasteiger partial charge in [0.2, 0.25) is 0 Å². The SMILES string of the molecule is COc1cccc(CN(C)C(C)C(=O)O)c1F. The molecule has 0 aliphatic carbocycles. The van der Waals surface area contributed by atoms with E-state index >= 15 is 0 Å². The number of aliphatic carboxylic acids is 1. The van der Waals surface area contributed by atoms with E-state index in [4.69, 9.17) is 9.84 Å². The van der Waals surface area contributed by atoms with Crippen molar-refractivity contribution in [2.45, 2.75) is 19.5 Å². The Kier molecular flexibility index (Phi) is 4.45. The van der Waals surface area contributed by atoms with Crippen molar-refractivity contribution in [2.24, 2.45) is 0 Å². The number of carboxylic acid groups (broad SMARTS) is 1. The van der Waals surface area contributed by atoms with Crippen molar-refractivity contribution in [3.05, 3.63) is 29.6 Å². The lowest BCUT2D eigenvalue weighted by Crippen LogP contribution is -2.35. The van der Waals surface area contributed by atoms with E-state index < -0.39 is 17.8 Å². The van der Waals surface area contributed by atoms with Gasteiger partial charge in [0.05, 0.1) is 7.11 Å². The summed E-state index contributed by atoms with van der Waals surface area (Å²) >= 11 is 0. The van der Waals surface area contributed by atoms with E-state index in [9.17, 15) is 9.18 Å². The van der Waals surface area contributed by atoms with Crippen LogP contribution in [0, 0.1) is 5.82 Å². The monoisotopic (exact) mass is 241 g/mol. The second kappa shape index (κ2) is 5.63. The zero-order valence-electron chi connectivity index (χ0n) is 10.1. The number of halogens is 1. The van der Waals surface area contributed by atoms with Crippen LogP contribution in [-0.2, 0) is 11.3 Å². The number of ether oxygens (including phenoxy) is 1. The molecule has 0 bridgehead atoms. The van der Waals surface area contributed by atoms with Gasteiger partial charge in [-0.25, -0.2) is 4.39 Å². The minimum absolute atomic E-state index is 0.166. The van der Waals surface area contributed by atoms with Crippen LogP contribution in [0.15, 0.2) is 18.2 Å². The number of hydrogen-bond donors (Lipinski definition) is 1. The average molecular weight is 241 g/mol. The van der Waals surface area contributed by atoms with Crippen LogP contribution in [0.1, 0.15) is 12.5 Å². The Bertz CT molecular complexity index is 409. The van der Waals surface area contributed by atoms with E-state index in [1.54, 1.807) is 31.0 Å². The van der Waals surface area contributed by atoms with Crippen LogP contribution in [-0.4, -0.2) is 36.2 Å². The van der Waals surface area contributed by atoms with Gasteiger partial charge in [-0.2, -0.15) is 0 Å². The van der Waals surface area contributed by atoms with Gasteiger partial charge >= 0.3 is 5.97 Å². The Balaban J connectivity index is 2.85. The maximum atomic E-state index is 13.8. The predicted octanol–water partition coefficient (Wildman–Crippen LogP) is 1.74. The van der Waals surface area contributed by atoms with Gasteiger partial charge in [-0.3, -0.25) is 9.69 Å². The Morgan fingerprint density at radius 3 is 2.76 bits per heavy atom. The van der Waals surface area contributed by atoms with Gasteiger partial charge in [-0.1, -0.05) is 12.1 Å². The van der Waals surface area contributed by atoms with E-state index in [1.165, 1.54) is 13.2 Å². The van der Waals surface area contributed by atoms with Crippen LogP contribution in [0.4, 0.5) is 4.39 Å². The molecule has 0 aromatic heterocycles. The van der Waals surface area contributed by atoms with Crippen LogP contribution < -0.4 is 4.74 Å². The first kappa shape index (κ1) is 13.4. The van der Waals surface area contributed by atoms with Crippen molar-refractivity contribution in [1.29, 1.82) is 0 Å². The minimum atomic E-state index is -0.934. The van der Waals surface area contributed by atoms with Gasteiger partial charge in [0.25, 0.3) is 0 Å². The number of carbonyl (C=O) groups is 1. The number of rotatable bonds is 5. The average Bonchev–Trinajstić information content (AvgIpc) is 2.30. The third-order valence-electron chi connectivity index (χ3n) is 2.70. The van der Waals surface area contributed by atoms with Crippen molar-refractivity contribution in [3.63, 3.8) is 0 Å². The molecule has 0 fully saturated rings. The van der Waals surface area contributed by atoms with E-state index in [1.807, 2.05) is 0 Å². The molecule has 4 nitrogen and oxygen atoms in total. The summed E-state index contributed by atoms with van der Waals surface area (Å²) in [5, 5.41) is 8.84. The first-order valence-corrected chi connectivity index (χ1v) is 5.21. The van der Waals surface area contributed by atoms with Gasteiger partial charge in [-0.15, -0.1) is 0 Å². The fraction of sp³-hybridized carbons (Fsp3) is 0.417. The van der Waals surface area contributed by atoms with Gasteiger partial charge < -0.3 is 9.84 Å². The predicted molar refractivity (Wildman–Crippen MR) is 61.5 cm³/mol. The van der Waals surface area contributed by atoms with Gasteiger partial charge in [0.15, 0.2) is 11.6 Å². The Morgan fingerprint density at radius 2 is 2.24 bits per heavy atom. The second-order valence-electron chi connectivity index (χ2n) is 3.86. The summed E-state index contributed by atoms with van der Waals surface area (Å²) in [6.07, 6.45) is 0. The minimum Gasteiger partial charge on any atom is -0.494 e. The first-order chi connectivity index (χ1) is 7.97. The van der Waals surface area contributed by atoms with Gasteiger partial charge in [0.1, 0.15) is 6.04 Å². The fourth-order valence-electron chi connectivity index (χ4n) is 1.43. The lowest BCUT2D eigenvalue weighted by Gasteiger charge is -2.21. The van der Waals surface area contributed by atoms with E-state index in [2.05, 4.69) is 0 Å². The van der Waals surface area contributed by atoms with Crippen molar-refractivity contribution in [3.8, 4) is 5.75 Å². The number of likely N-dealkylation sites (N-methyl/N-ethyl adjacent to an activating group) is 1. The third kappa shape index (κ3) is 3.17. The number of carboxylic acids is 1. The second-order valence-corrected chi connectivity index (χ2v) is 3.86.